The fourth-order valence-electron chi connectivity index (χ4n) is 3.72. The van der Waals surface area contributed by atoms with Crippen LogP contribution in [0.4, 0.5) is 5.69 Å². The van der Waals surface area contributed by atoms with Crippen LogP contribution >= 0.6 is 12.2 Å². The Morgan fingerprint density at radius 3 is 2.48 bits per heavy atom. The summed E-state index contributed by atoms with van der Waals surface area (Å²) in [6.07, 6.45) is 5.66. The molecule has 29 heavy (non-hydrogen) atoms. The summed E-state index contributed by atoms with van der Waals surface area (Å²) in [5.74, 6) is -0.317. The lowest BCUT2D eigenvalue weighted by Crippen LogP contribution is -2.39. The second-order valence-corrected chi connectivity index (χ2v) is 7.94. The number of hydrogen-bond donors (Lipinski definition) is 2. The van der Waals surface area contributed by atoms with E-state index in [2.05, 4.69) is 10.6 Å². The van der Waals surface area contributed by atoms with Gasteiger partial charge in [0.25, 0.3) is 11.8 Å². The van der Waals surface area contributed by atoms with Crippen molar-refractivity contribution >= 4 is 34.8 Å². The lowest BCUT2D eigenvalue weighted by molar-refractivity contribution is 0.0697. The van der Waals surface area contributed by atoms with Crippen LogP contribution in [-0.2, 0) is 0 Å². The summed E-state index contributed by atoms with van der Waals surface area (Å²) in [6, 6.07) is 14.8. The molecule has 0 heterocycles. The highest BCUT2D eigenvalue weighted by Crippen LogP contribution is 2.25. The van der Waals surface area contributed by atoms with Crippen LogP contribution in [0.15, 0.2) is 48.5 Å². The highest BCUT2D eigenvalue weighted by atomic mass is 32.1. The normalized spacial score (nSPS) is 14.1. The Morgan fingerprint density at radius 2 is 1.76 bits per heavy atom. The van der Waals surface area contributed by atoms with Crippen molar-refractivity contribution in [2.24, 2.45) is 0 Å². The zero-order chi connectivity index (χ0) is 20.8. The molecule has 1 fully saturated rings. The van der Waals surface area contributed by atoms with Crippen molar-refractivity contribution in [1.82, 2.24) is 10.2 Å². The maximum atomic E-state index is 13.1. The van der Waals surface area contributed by atoms with E-state index in [0.717, 1.165) is 31.2 Å². The number of carbonyl (C=O) groups is 2. The Kier molecular flexibility index (Phi) is 6.99. The molecular formula is C23H27N3O2S. The van der Waals surface area contributed by atoms with Gasteiger partial charge < -0.3 is 10.2 Å². The predicted octanol–water partition coefficient (Wildman–Crippen LogP) is 4.53. The molecule has 0 aliphatic heterocycles. The van der Waals surface area contributed by atoms with Gasteiger partial charge in [-0.1, -0.05) is 49.1 Å². The number of nitrogens with one attached hydrogen (secondary N) is 2. The van der Waals surface area contributed by atoms with Gasteiger partial charge in [-0.05, 0) is 56.2 Å². The van der Waals surface area contributed by atoms with Gasteiger partial charge in [-0.25, -0.2) is 0 Å². The highest BCUT2D eigenvalue weighted by molar-refractivity contribution is 7.80. The van der Waals surface area contributed by atoms with Crippen molar-refractivity contribution < 1.29 is 9.59 Å². The number of rotatable bonds is 4. The molecule has 1 aliphatic rings. The van der Waals surface area contributed by atoms with Gasteiger partial charge in [0.2, 0.25) is 0 Å². The molecule has 0 saturated heterocycles. The van der Waals surface area contributed by atoms with Gasteiger partial charge in [-0.2, -0.15) is 0 Å². The monoisotopic (exact) mass is 409 g/mol. The second kappa shape index (κ2) is 9.65. The molecule has 0 unspecified atom stereocenters. The molecule has 0 bridgehead atoms. The van der Waals surface area contributed by atoms with Crippen LogP contribution in [0.3, 0.4) is 0 Å². The maximum absolute atomic E-state index is 13.1. The molecule has 152 valence electrons. The third-order valence-electron chi connectivity index (χ3n) is 5.36. The van der Waals surface area contributed by atoms with Crippen LogP contribution in [-0.4, -0.2) is 34.9 Å². The maximum Gasteiger partial charge on any atom is 0.257 e. The third-order valence-corrected chi connectivity index (χ3v) is 5.56. The predicted molar refractivity (Wildman–Crippen MR) is 120 cm³/mol. The zero-order valence-corrected chi connectivity index (χ0v) is 17.7. The molecule has 3 rings (SSSR count). The van der Waals surface area contributed by atoms with E-state index in [-0.39, 0.29) is 23.0 Å². The number of anilines is 1. The van der Waals surface area contributed by atoms with Crippen LogP contribution < -0.4 is 10.6 Å². The van der Waals surface area contributed by atoms with E-state index in [0.29, 0.717) is 16.8 Å². The molecule has 2 N–H and O–H groups in total. The van der Waals surface area contributed by atoms with Gasteiger partial charge in [0.1, 0.15) is 0 Å². The summed E-state index contributed by atoms with van der Waals surface area (Å²) in [5, 5.41) is 5.87. The molecule has 0 spiro atoms. The van der Waals surface area contributed by atoms with E-state index in [1.54, 1.807) is 24.3 Å². The minimum Gasteiger partial charge on any atom is -0.339 e. The molecule has 2 aromatic rings. The Morgan fingerprint density at radius 1 is 1.03 bits per heavy atom. The number of carbonyl (C=O) groups excluding carboxylic acids is 2. The lowest BCUT2D eigenvalue weighted by atomic mass is 9.94. The first-order valence-electron chi connectivity index (χ1n) is 10.0. The Labute approximate surface area is 177 Å². The molecular weight excluding hydrogens is 382 g/mol. The molecule has 5 nitrogen and oxygen atoms in total. The van der Waals surface area contributed by atoms with Crippen molar-refractivity contribution in [2.75, 3.05) is 12.4 Å². The molecule has 1 aliphatic carbocycles. The summed E-state index contributed by atoms with van der Waals surface area (Å²) < 4.78 is 0. The number of hydrogen-bond acceptors (Lipinski definition) is 3. The van der Waals surface area contributed by atoms with Crippen molar-refractivity contribution in [1.29, 1.82) is 0 Å². The highest BCUT2D eigenvalue weighted by Gasteiger charge is 2.24. The van der Waals surface area contributed by atoms with Gasteiger partial charge in [0.15, 0.2) is 5.11 Å². The summed E-state index contributed by atoms with van der Waals surface area (Å²) >= 11 is 5.31. The molecule has 0 radical (unpaired) electrons. The number of amides is 2. The first kappa shape index (κ1) is 21.0. The van der Waals surface area contributed by atoms with Crippen molar-refractivity contribution in [2.45, 2.75) is 45.1 Å². The molecule has 2 amide bonds. The Bertz CT molecular complexity index is 907. The number of aryl methyl sites for hydroxylation is 1. The second-order valence-electron chi connectivity index (χ2n) is 7.53. The van der Waals surface area contributed by atoms with Gasteiger partial charge in [-0.15, -0.1) is 0 Å². The molecule has 0 atom stereocenters. The lowest BCUT2D eigenvalue weighted by Gasteiger charge is -2.31. The topological polar surface area (TPSA) is 61.4 Å². The zero-order valence-electron chi connectivity index (χ0n) is 16.9. The quantitative estimate of drug-likeness (QED) is 0.729. The fourth-order valence-corrected chi connectivity index (χ4v) is 3.92. The van der Waals surface area contributed by atoms with Gasteiger partial charge in [-0.3, -0.25) is 14.9 Å². The van der Waals surface area contributed by atoms with E-state index < -0.39 is 0 Å². The minimum atomic E-state index is -0.283. The standard InChI is InChI=1S/C23H27N3O2S/c1-16-9-8-10-17(15-16)21(27)25-23(29)24-20-14-7-6-13-19(20)22(28)26(2)18-11-4-3-5-12-18/h6-10,13-15,18H,3-5,11-12H2,1-2H3,(H2,24,25,27,29). The minimum absolute atomic E-state index is 0.0344. The Hall–Kier alpha value is -2.73. The van der Waals surface area contributed by atoms with E-state index in [1.165, 1.54) is 6.42 Å². The first-order chi connectivity index (χ1) is 14.0. The Balaban J connectivity index is 1.69. The van der Waals surface area contributed by atoms with E-state index in [4.69, 9.17) is 12.2 Å². The number of para-hydroxylation sites is 1. The third kappa shape index (κ3) is 5.41. The van der Waals surface area contributed by atoms with Crippen LogP contribution in [0, 0.1) is 6.92 Å². The summed E-state index contributed by atoms with van der Waals surface area (Å²) in [6.45, 7) is 1.93. The average molecular weight is 410 g/mol. The number of benzene rings is 2. The summed E-state index contributed by atoms with van der Waals surface area (Å²) in [5.41, 5.74) is 2.68. The van der Waals surface area contributed by atoms with Crippen molar-refractivity contribution in [3.8, 4) is 0 Å². The molecule has 6 heteroatoms. The van der Waals surface area contributed by atoms with Crippen molar-refractivity contribution in [3.63, 3.8) is 0 Å². The molecule has 2 aromatic carbocycles. The van der Waals surface area contributed by atoms with E-state index >= 15 is 0 Å². The summed E-state index contributed by atoms with van der Waals surface area (Å²) in [7, 11) is 1.87. The molecule has 1 saturated carbocycles. The van der Waals surface area contributed by atoms with Crippen LogP contribution in [0.1, 0.15) is 58.4 Å². The first-order valence-corrected chi connectivity index (χ1v) is 10.4. The largest absolute Gasteiger partial charge is 0.339 e. The van der Waals surface area contributed by atoms with Gasteiger partial charge in [0, 0.05) is 18.7 Å². The van der Waals surface area contributed by atoms with E-state index in [9.17, 15) is 9.59 Å². The molecule has 0 aromatic heterocycles. The van der Waals surface area contributed by atoms with E-state index in [1.807, 2.05) is 43.1 Å². The van der Waals surface area contributed by atoms with Gasteiger partial charge in [0.05, 0.1) is 11.3 Å². The van der Waals surface area contributed by atoms with Crippen LogP contribution in [0.5, 0.6) is 0 Å². The number of thiocarbonyl (C=S) groups is 1. The van der Waals surface area contributed by atoms with Crippen molar-refractivity contribution in [3.05, 3.63) is 65.2 Å². The van der Waals surface area contributed by atoms with Crippen LogP contribution in [0.25, 0.3) is 0 Å². The van der Waals surface area contributed by atoms with Crippen LogP contribution in [0.2, 0.25) is 0 Å². The average Bonchev–Trinajstić information content (AvgIpc) is 2.73. The summed E-state index contributed by atoms with van der Waals surface area (Å²) in [4.78, 5) is 27.3. The fraction of sp³-hybridized carbons (Fsp3) is 0.348. The van der Waals surface area contributed by atoms with Gasteiger partial charge >= 0.3 is 0 Å². The SMILES string of the molecule is Cc1cccc(C(=O)NC(=S)Nc2ccccc2C(=O)N(C)C2CCCCC2)c1. The number of nitrogens with zero attached hydrogens (tertiary/aromatic N) is 1. The smallest absolute Gasteiger partial charge is 0.257 e.